The summed E-state index contributed by atoms with van der Waals surface area (Å²) in [7, 11) is 0. The lowest BCUT2D eigenvalue weighted by Crippen LogP contribution is -2.39. The predicted octanol–water partition coefficient (Wildman–Crippen LogP) is 1.92. The monoisotopic (exact) mass is 490 g/mol. The van der Waals surface area contributed by atoms with Crippen molar-refractivity contribution >= 4 is 22.8 Å². The molecular formula is C24H23FN8O3. The number of benzene rings is 1. The average molecular weight is 490 g/mol. The van der Waals surface area contributed by atoms with Gasteiger partial charge >= 0.3 is 0 Å². The second-order valence-electron chi connectivity index (χ2n) is 8.69. The van der Waals surface area contributed by atoms with Gasteiger partial charge in [-0.1, -0.05) is 17.0 Å². The SMILES string of the molecule is Cc1nc(C(C)(O)C#Cc2ccc3c(C(=O)N4CCC(F)CC4)nn(-c4ccnc(N)n4)c3c2)no1. The molecule has 5 rings (SSSR count). The van der Waals surface area contributed by atoms with E-state index in [1.165, 1.54) is 17.8 Å². The van der Waals surface area contributed by atoms with Gasteiger partial charge in [-0.05, 0) is 38.0 Å². The summed E-state index contributed by atoms with van der Waals surface area (Å²) in [6.45, 7) is 3.73. The van der Waals surface area contributed by atoms with Gasteiger partial charge in [0.15, 0.2) is 17.1 Å². The summed E-state index contributed by atoms with van der Waals surface area (Å²) in [4.78, 5) is 27.1. The molecular weight excluding hydrogens is 467 g/mol. The van der Waals surface area contributed by atoms with E-state index in [-0.39, 0.29) is 23.4 Å². The lowest BCUT2D eigenvalue weighted by molar-refractivity contribution is 0.0662. The number of likely N-dealkylation sites (tertiary alicyclic amines) is 1. The second-order valence-corrected chi connectivity index (χ2v) is 8.69. The smallest absolute Gasteiger partial charge is 0.275 e. The molecule has 1 atom stereocenters. The van der Waals surface area contributed by atoms with E-state index < -0.39 is 11.8 Å². The van der Waals surface area contributed by atoms with E-state index in [9.17, 15) is 14.3 Å². The van der Waals surface area contributed by atoms with E-state index in [0.717, 1.165) is 0 Å². The van der Waals surface area contributed by atoms with E-state index >= 15 is 0 Å². The highest BCUT2D eigenvalue weighted by molar-refractivity contribution is 6.05. The van der Waals surface area contributed by atoms with Crippen LogP contribution in [0.25, 0.3) is 16.7 Å². The number of amides is 1. The first kappa shape index (κ1) is 23.4. The third kappa shape index (κ3) is 4.48. The first-order chi connectivity index (χ1) is 17.2. The number of carbonyl (C=O) groups excluding carboxylic acids is 1. The van der Waals surface area contributed by atoms with Crippen LogP contribution < -0.4 is 5.73 Å². The summed E-state index contributed by atoms with van der Waals surface area (Å²) >= 11 is 0. The van der Waals surface area contributed by atoms with Crippen molar-refractivity contribution in [1.82, 2.24) is 34.8 Å². The summed E-state index contributed by atoms with van der Waals surface area (Å²) in [6.07, 6.45) is 1.19. The standard InChI is InChI=1S/C24H23FN8O3/c1-14-28-22(31-36-14)24(2,35)9-5-15-3-4-17-18(13-15)33(19-6-10-27-23(26)29-19)30-20(17)21(34)32-11-7-16(25)8-12-32/h3-4,6,10,13,16,35H,7-8,11-12H2,1-2H3,(H2,26,27,29). The maximum Gasteiger partial charge on any atom is 0.275 e. The minimum absolute atomic E-state index is 0.0523. The Morgan fingerprint density at radius 2 is 2.06 bits per heavy atom. The van der Waals surface area contributed by atoms with Crippen molar-refractivity contribution in [3.63, 3.8) is 0 Å². The Balaban J connectivity index is 1.58. The molecule has 0 saturated carbocycles. The van der Waals surface area contributed by atoms with Crippen molar-refractivity contribution in [2.75, 3.05) is 18.8 Å². The molecule has 4 aromatic rings. The van der Waals surface area contributed by atoms with E-state index in [2.05, 4.69) is 37.0 Å². The molecule has 4 heterocycles. The van der Waals surface area contributed by atoms with Gasteiger partial charge in [0.05, 0.1) is 5.52 Å². The molecule has 0 bridgehead atoms. The Morgan fingerprint density at radius 1 is 1.28 bits per heavy atom. The van der Waals surface area contributed by atoms with E-state index in [1.54, 1.807) is 36.1 Å². The van der Waals surface area contributed by atoms with Crippen LogP contribution in [0, 0.1) is 18.8 Å². The number of alkyl halides is 1. The molecule has 0 radical (unpaired) electrons. The number of halogens is 1. The average Bonchev–Trinajstić information content (AvgIpc) is 3.47. The highest BCUT2D eigenvalue weighted by Gasteiger charge is 2.28. The second kappa shape index (κ2) is 9.01. The molecule has 36 heavy (non-hydrogen) atoms. The van der Waals surface area contributed by atoms with Gasteiger partial charge in [-0.25, -0.2) is 14.1 Å². The number of aryl methyl sites for hydroxylation is 1. The normalized spacial score (nSPS) is 15.9. The van der Waals surface area contributed by atoms with Gasteiger partial charge in [0.25, 0.3) is 5.91 Å². The van der Waals surface area contributed by atoms with Crippen LogP contribution in [0.4, 0.5) is 10.3 Å². The number of nitrogen functional groups attached to an aromatic ring is 1. The van der Waals surface area contributed by atoms with Gasteiger partial charge in [0.1, 0.15) is 6.17 Å². The number of aromatic nitrogens is 6. The molecule has 1 fully saturated rings. The fourth-order valence-corrected chi connectivity index (χ4v) is 3.95. The van der Waals surface area contributed by atoms with Crippen LogP contribution in [0.5, 0.6) is 0 Å². The van der Waals surface area contributed by atoms with E-state index in [1.807, 2.05) is 0 Å². The summed E-state index contributed by atoms with van der Waals surface area (Å²) in [5.74, 6) is 6.18. The number of hydrogen-bond donors (Lipinski definition) is 2. The molecule has 0 spiro atoms. The van der Waals surface area contributed by atoms with Crippen LogP contribution in [-0.2, 0) is 5.60 Å². The Kier molecular flexibility index (Phi) is 5.85. The predicted molar refractivity (Wildman–Crippen MR) is 127 cm³/mol. The van der Waals surface area contributed by atoms with Crippen LogP contribution in [0.3, 0.4) is 0 Å². The molecule has 1 amide bonds. The summed E-state index contributed by atoms with van der Waals surface area (Å²) in [6, 6.07) is 6.80. The molecule has 1 aromatic carbocycles. The number of nitrogens with two attached hydrogens (primary N) is 1. The lowest BCUT2D eigenvalue weighted by atomic mass is 10.1. The van der Waals surface area contributed by atoms with Crippen molar-refractivity contribution in [2.24, 2.45) is 0 Å². The minimum atomic E-state index is -1.64. The zero-order chi connectivity index (χ0) is 25.4. The molecule has 3 N–H and O–H groups in total. The zero-order valence-corrected chi connectivity index (χ0v) is 19.6. The number of hydrogen-bond acceptors (Lipinski definition) is 9. The van der Waals surface area contributed by atoms with Gasteiger partial charge in [-0.15, -0.1) is 0 Å². The van der Waals surface area contributed by atoms with Gasteiger partial charge < -0.3 is 20.3 Å². The molecule has 1 aliphatic rings. The van der Waals surface area contributed by atoms with Crippen molar-refractivity contribution in [3.05, 3.63) is 53.4 Å². The van der Waals surface area contributed by atoms with Crippen LogP contribution >= 0.6 is 0 Å². The van der Waals surface area contributed by atoms with Crippen molar-refractivity contribution in [3.8, 4) is 17.7 Å². The third-order valence-electron chi connectivity index (χ3n) is 5.89. The number of aliphatic hydroxyl groups is 1. The maximum absolute atomic E-state index is 13.6. The molecule has 1 unspecified atom stereocenters. The molecule has 0 aliphatic carbocycles. The van der Waals surface area contributed by atoms with Crippen molar-refractivity contribution in [2.45, 2.75) is 38.5 Å². The summed E-state index contributed by atoms with van der Waals surface area (Å²) in [5, 5.41) is 19.6. The summed E-state index contributed by atoms with van der Waals surface area (Å²) in [5.41, 5.74) is 5.45. The Hall–Kier alpha value is -4.37. The largest absolute Gasteiger partial charge is 0.371 e. The van der Waals surface area contributed by atoms with Gasteiger partial charge in [0, 0.05) is 43.2 Å². The molecule has 1 aliphatic heterocycles. The molecule has 1 saturated heterocycles. The number of carbonyl (C=O) groups is 1. The van der Waals surface area contributed by atoms with Gasteiger partial charge in [-0.3, -0.25) is 4.79 Å². The lowest BCUT2D eigenvalue weighted by Gasteiger charge is -2.28. The maximum atomic E-state index is 13.6. The highest BCUT2D eigenvalue weighted by Crippen LogP contribution is 2.26. The molecule has 3 aromatic heterocycles. The van der Waals surface area contributed by atoms with Crippen LogP contribution in [0.15, 0.2) is 35.0 Å². The fraction of sp³-hybridized carbons (Fsp3) is 0.333. The van der Waals surface area contributed by atoms with Gasteiger partial charge in [-0.2, -0.15) is 15.1 Å². The quantitative estimate of drug-likeness (QED) is 0.411. The van der Waals surface area contributed by atoms with Crippen LogP contribution in [0.2, 0.25) is 0 Å². The van der Waals surface area contributed by atoms with Gasteiger partial charge in [0.2, 0.25) is 17.7 Å². The van der Waals surface area contributed by atoms with Crippen molar-refractivity contribution in [1.29, 1.82) is 0 Å². The Bertz CT molecular complexity index is 1510. The number of nitrogens with zero attached hydrogens (tertiary/aromatic N) is 7. The summed E-state index contributed by atoms with van der Waals surface area (Å²) < 4.78 is 20.1. The number of rotatable bonds is 3. The number of anilines is 1. The molecule has 12 heteroatoms. The fourth-order valence-electron chi connectivity index (χ4n) is 3.95. The van der Waals surface area contributed by atoms with E-state index in [0.29, 0.717) is 54.1 Å². The highest BCUT2D eigenvalue weighted by atomic mass is 19.1. The van der Waals surface area contributed by atoms with Crippen molar-refractivity contribution < 1.29 is 18.8 Å². The Morgan fingerprint density at radius 3 is 2.75 bits per heavy atom. The molecule has 184 valence electrons. The number of piperidine rings is 1. The van der Waals surface area contributed by atoms with Crippen LogP contribution in [-0.4, -0.2) is 65.1 Å². The van der Waals surface area contributed by atoms with E-state index in [4.69, 9.17) is 10.3 Å². The van der Waals surface area contributed by atoms with Crippen LogP contribution in [0.1, 0.15) is 47.5 Å². The zero-order valence-electron chi connectivity index (χ0n) is 19.6. The first-order valence-corrected chi connectivity index (χ1v) is 11.3. The third-order valence-corrected chi connectivity index (χ3v) is 5.89. The molecule has 11 nitrogen and oxygen atoms in total. The topological polar surface area (TPSA) is 149 Å². The minimum Gasteiger partial charge on any atom is -0.371 e. The number of fused-ring (bicyclic) bond motifs is 1. The first-order valence-electron chi connectivity index (χ1n) is 11.3. The Labute approximate surface area is 205 Å².